The van der Waals surface area contributed by atoms with E-state index in [1.807, 2.05) is 30.3 Å². The number of anilines is 1. The molecule has 0 fully saturated rings. The topological polar surface area (TPSA) is 29.1 Å². The van der Waals surface area contributed by atoms with Crippen LogP contribution < -0.4 is 5.32 Å². The standard InChI is InChI=1S/C15H13F2NO/c1-10(17)13(9-16)15(19)18-14-8-4-6-11-5-2-3-7-12(11)14/h2-8H,9H2,1H3,(H,18,19)/b13-10-. The summed E-state index contributed by atoms with van der Waals surface area (Å²) in [6.07, 6.45) is 0. The van der Waals surface area contributed by atoms with E-state index in [0.29, 0.717) is 5.69 Å². The molecule has 0 unspecified atom stereocenters. The van der Waals surface area contributed by atoms with Gasteiger partial charge in [-0.05, 0) is 18.4 Å². The second-order valence-corrected chi connectivity index (χ2v) is 4.13. The minimum absolute atomic E-state index is 0.479. The Morgan fingerprint density at radius 3 is 2.53 bits per heavy atom. The van der Waals surface area contributed by atoms with Gasteiger partial charge in [0.05, 0.1) is 5.57 Å². The van der Waals surface area contributed by atoms with Gasteiger partial charge in [-0.1, -0.05) is 36.4 Å². The van der Waals surface area contributed by atoms with Gasteiger partial charge in [0.2, 0.25) is 0 Å². The molecule has 0 radical (unpaired) electrons. The second kappa shape index (κ2) is 5.61. The Balaban J connectivity index is 2.37. The lowest BCUT2D eigenvalue weighted by Crippen LogP contribution is -2.16. The molecular formula is C15H13F2NO. The van der Waals surface area contributed by atoms with Gasteiger partial charge in [0.1, 0.15) is 12.5 Å². The largest absolute Gasteiger partial charge is 0.322 e. The van der Waals surface area contributed by atoms with Crippen molar-refractivity contribution in [2.45, 2.75) is 6.92 Å². The molecule has 1 N–H and O–H groups in total. The molecule has 0 aromatic heterocycles. The number of alkyl halides is 1. The smallest absolute Gasteiger partial charge is 0.256 e. The van der Waals surface area contributed by atoms with E-state index in [1.54, 1.807) is 12.1 Å². The van der Waals surface area contributed by atoms with Crippen LogP contribution in [0.5, 0.6) is 0 Å². The molecule has 0 heterocycles. The molecule has 0 aliphatic carbocycles. The van der Waals surface area contributed by atoms with Crippen molar-refractivity contribution in [3.05, 3.63) is 53.9 Å². The van der Waals surface area contributed by atoms with E-state index < -0.39 is 24.0 Å². The van der Waals surface area contributed by atoms with Crippen LogP contribution in [0.15, 0.2) is 53.9 Å². The highest BCUT2D eigenvalue weighted by atomic mass is 19.1. The van der Waals surface area contributed by atoms with Crippen molar-refractivity contribution in [2.24, 2.45) is 0 Å². The molecule has 2 rings (SSSR count). The van der Waals surface area contributed by atoms with E-state index >= 15 is 0 Å². The normalized spacial score (nSPS) is 12.2. The summed E-state index contributed by atoms with van der Waals surface area (Å²) in [5, 5.41) is 4.31. The molecule has 0 spiro atoms. The SMILES string of the molecule is C/C(F)=C(\CF)C(=O)Nc1cccc2ccccc12. The minimum atomic E-state index is -1.13. The van der Waals surface area contributed by atoms with Crippen LogP contribution in [-0.2, 0) is 4.79 Å². The average molecular weight is 261 g/mol. The zero-order valence-corrected chi connectivity index (χ0v) is 10.4. The maximum absolute atomic E-state index is 13.0. The zero-order valence-electron chi connectivity index (χ0n) is 10.4. The summed E-state index contributed by atoms with van der Waals surface area (Å²) in [7, 11) is 0. The first-order valence-electron chi connectivity index (χ1n) is 5.84. The number of nitrogens with one attached hydrogen (secondary N) is 1. The number of carbonyl (C=O) groups is 1. The Labute approximate surface area is 109 Å². The van der Waals surface area contributed by atoms with Crippen LogP contribution in [0, 0.1) is 0 Å². The Morgan fingerprint density at radius 1 is 1.16 bits per heavy atom. The van der Waals surface area contributed by atoms with Gasteiger partial charge in [-0.3, -0.25) is 4.79 Å². The van der Waals surface area contributed by atoms with Crippen LogP contribution in [-0.4, -0.2) is 12.6 Å². The van der Waals surface area contributed by atoms with Crippen molar-refractivity contribution in [1.82, 2.24) is 0 Å². The number of amides is 1. The summed E-state index contributed by atoms with van der Waals surface area (Å²) in [6, 6.07) is 12.8. The van der Waals surface area contributed by atoms with Crippen LogP contribution in [0.25, 0.3) is 10.8 Å². The number of hydrogen-bond donors (Lipinski definition) is 1. The number of fused-ring (bicyclic) bond motifs is 1. The third-order valence-corrected chi connectivity index (χ3v) is 2.86. The first-order chi connectivity index (χ1) is 9.13. The average Bonchev–Trinajstić information content (AvgIpc) is 2.39. The fourth-order valence-corrected chi connectivity index (χ4v) is 1.84. The number of carbonyl (C=O) groups excluding carboxylic acids is 1. The van der Waals surface area contributed by atoms with Gasteiger partial charge in [0.25, 0.3) is 5.91 Å². The number of allylic oxidation sites excluding steroid dienone is 1. The molecule has 19 heavy (non-hydrogen) atoms. The highest BCUT2D eigenvalue weighted by Gasteiger charge is 2.14. The van der Waals surface area contributed by atoms with Crippen molar-refractivity contribution in [3.8, 4) is 0 Å². The first kappa shape index (κ1) is 13.2. The molecule has 0 saturated heterocycles. The predicted octanol–water partition coefficient (Wildman–Crippen LogP) is 3.99. The van der Waals surface area contributed by atoms with E-state index in [-0.39, 0.29) is 0 Å². The predicted molar refractivity (Wildman–Crippen MR) is 72.4 cm³/mol. The number of rotatable bonds is 3. The fraction of sp³-hybridized carbons (Fsp3) is 0.133. The summed E-state index contributed by atoms with van der Waals surface area (Å²) in [5.41, 5.74) is 0.0586. The third-order valence-electron chi connectivity index (χ3n) is 2.86. The van der Waals surface area contributed by atoms with Crippen LogP contribution in [0.1, 0.15) is 6.92 Å². The molecule has 0 aliphatic rings. The van der Waals surface area contributed by atoms with Gasteiger partial charge >= 0.3 is 0 Å². The van der Waals surface area contributed by atoms with Crippen molar-refractivity contribution in [3.63, 3.8) is 0 Å². The molecule has 2 nitrogen and oxygen atoms in total. The van der Waals surface area contributed by atoms with E-state index in [4.69, 9.17) is 0 Å². The lowest BCUT2D eigenvalue weighted by molar-refractivity contribution is -0.113. The minimum Gasteiger partial charge on any atom is -0.322 e. The first-order valence-corrected chi connectivity index (χ1v) is 5.84. The van der Waals surface area contributed by atoms with Gasteiger partial charge < -0.3 is 5.32 Å². The van der Waals surface area contributed by atoms with Crippen LogP contribution in [0.4, 0.5) is 14.5 Å². The van der Waals surface area contributed by atoms with E-state index in [0.717, 1.165) is 17.7 Å². The third kappa shape index (κ3) is 2.78. The van der Waals surface area contributed by atoms with Crippen molar-refractivity contribution >= 4 is 22.4 Å². The Hall–Kier alpha value is -2.23. The van der Waals surface area contributed by atoms with Gasteiger partial charge in [0.15, 0.2) is 0 Å². The maximum Gasteiger partial charge on any atom is 0.256 e. The number of benzene rings is 2. The molecule has 98 valence electrons. The molecule has 4 heteroatoms. The monoisotopic (exact) mass is 261 g/mol. The summed E-state index contributed by atoms with van der Waals surface area (Å²) < 4.78 is 25.6. The quantitative estimate of drug-likeness (QED) is 0.831. The highest BCUT2D eigenvalue weighted by molar-refractivity contribution is 6.09. The number of hydrogen-bond acceptors (Lipinski definition) is 1. The van der Waals surface area contributed by atoms with Crippen molar-refractivity contribution < 1.29 is 13.6 Å². The summed E-state index contributed by atoms with van der Waals surface area (Å²) >= 11 is 0. The lowest BCUT2D eigenvalue weighted by atomic mass is 10.1. The molecule has 2 aromatic carbocycles. The van der Waals surface area contributed by atoms with Crippen molar-refractivity contribution in [2.75, 3.05) is 12.0 Å². The van der Waals surface area contributed by atoms with E-state index in [1.165, 1.54) is 0 Å². The van der Waals surface area contributed by atoms with Gasteiger partial charge in [0, 0.05) is 11.1 Å². The molecule has 0 atom stereocenters. The van der Waals surface area contributed by atoms with Crippen molar-refractivity contribution in [1.29, 1.82) is 0 Å². The molecule has 0 saturated carbocycles. The summed E-state index contributed by atoms with van der Waals surface area (Å²) in [6.45, 7) is -0.0590. The Kier molecular flexibility index (Phi) is 3.90. The Morgan fingerprint density at radius 2 is 1.84 bits per heavy atom. The zero-order chi connectivity index (χ0) is 13.8. The maximum atomic E-state index is 13.0. The molecule has 1 amide bonds. The number of halogens is 2. The van der Waals surface area contributed by atoms with Gasteiger partial charge in [-0.25, -0.2) is 8.78 Å². The van der Waals surface area contributed by atoms with Crippen LogP contribution in [0.2, 0.25) is 0 Å². The summed E-state index contributed by atoms with van der Waals surface area (Å²) in [4.78, 5) is 11.8. The molecule has 0 bridgehead atoms. The van der Waals surface area contributed by atoms with E-state index in [9.17, 15) is 13.6 Å². The van der Waals surface area contributed by atoms with Gasteiger partial charge in [-0.15, -0.1) is 0 Å². The second-order valence-electron chi connectivity index (χ2n) is 4.13. The summed E-state index contributed by atoms with van der Waals surface area (Å²) in [5.74, 6) is -1.56. The van der Waals surface area contributed by atoms with Gasteiger partial charge in [-0.2, -0.15) is 0 Å². The molecule has 2 aromatic rings. The fourth-order valence-electron chi connectivity index (χ4n) is 1.84. The Bertz CT molecular complexity index is 640. The highest BCUT2D eigenvalue weighted by Crippen LogP contribution is 2.23. The molecular weight excluding hydrogens is 248 g/mol. The molecule has 0 aliphatic heterocycles. The van der Waals surface area contributed by atoms with E-state index in [2.05, 4.69) is 5.32 Å². The lowest BCUT2D eigenvalue weighted by Gasteiger charge is -2.09. The van der Waals surface area contributed by atoms with Crippen LogP contribution >= 0.6 is 0 Å². The van der Waals surface area contributed by atoms with Crippen LogP contribution in [0.3, 0.4) is 0 Å².